The number of nitrogens with zero attached hydrogens (tertiary/aromatic N) is 1. The molecule has 3 rings (SSSR count). The molecule has 0 heterocycles. The minimum atomic E-state index is -0.0683. The lowest BCUT2D eigenvalue weighted by molar-refractivity contribution is -0.151. The van der Waals surface area contributed by atoms with Crippen molar-refractivity contribution in [1.29, 1.82) is 5.26 Å². The van der Waals surface area contributed by atoms with E-state index in [4.69, 9.17) is 10.00 Å². The van der Waals surface area contributed by atoms with E-state index in [2.05, 4.69) is 24.8 Å². The van der Waals surface area contributed by atoms with Gasteiger partial charge in [0.2, 0.25) is 0 Å². The highest BCUT2D eigenvalue weighted by molar-refractivity contribution is 5.69. The van der Waals surface area contributed by atoms with Crippen molar-refractivity contribution in [3.8, 4) is 6.07 Å². The summed E-state index contributed by atoms with van der Waals surface area (Å²) in [7, 11) is 0. The van der Waals surface area contributed by atoms with Crippen molar-refractivity contribution in [1.82, 2.24) is 0 Å². The Morgan fingerprint density at radius 3 is 2.19 bits per heavy atom. The van der Waals surface area contributed by atoms with Gasteiger partial charge in [0.25, 0.3) is 0 Å². The molecule has 1 aromatic rings. The summed E-state index contributed by atoms with van der Waals surface area (Å²) >= 11 is 0. The van der Waals surface area contributed by atoms with Crippen LogP contribution in [0.4, 0.5) is 0 Å². The summed E-state index contributed by atoms with van der Waals surface area (Å²) in [6, 6.07) is 10.4. The van der Waals surface area contributed by atoms with Gasteiger partial charge in [-0.05, 0) is 93.2 Å². The second-order valence-corrected chi connectivity index (χ2v) is 8.20. The van der Waals surface area contributed by atoms with Crippen LogP contribution >= 0.6 is 0 Å². The number of hydrogen-bond acceptors (Lipinski definition) is 3. The van der Waals surface area contributed by atoms with Crippen LogP contribution in [0, 0.1) is 23.2 Å². The summed E-state index contributed by atoms with van der Waals surface area (Å²) < 4.78 is 5.61. The van der Waals surface area contributed by atoms with Gasteiger partial charge in [-0.2, -0.15) is 5.26 Å². The van der Waals surface area contributed by atoms with Crippen molar-refractivity contribution in [2.75, 3.05) is 0 Å². The van der Waals surface area contributed by atoms with Crippen LogP contribution in [-0.2, 0) is 9.53 Å². The number of nitriles is 1. The highest BCUT2D eigenvalue weighted by atomic mass is 16.5. The van der Waals surface area contributed by atoms with E-state index >= 15 is 0 Å². The molecular formula is C24H31NO2. The molecule has 2 aliphatic carbocycles. The van der Waals surface area contributed by atoms with Gasteiger partial charge in [-0.25, -0.2) is 0 Å². The van der Waals surface area contributed by atoms with Gasteiger partial charge in [-0.1, -0.05) is 18.2 Å². The number of allylic oxidation sites excluding steroid dienone is 1. The zero-order valence-corrected chi connectivity index (χ0v) is 16.2. The Bertz CT molecular complexity index is 657. The van der Waals surface area contributed by atoms with Crippen molar-refractivity contribution in [3.63, 3.8) is 0 Å². The number of hydrogen-bond donors (Lipinski definition) is 0. The number of carbonyl (C=O) groups excluding carboxylic acids is 1. The molecule has 0 aromatic heterocycles. The zero-order chi connectivity index (χ0) is 19.1. The number of benzene rings is 1. The topological polar surface area (TPSA) is 50.1 Å². The fourth-order valence-electron chi connectivity index (χ4n) is 4.90. The largest absolute Gasteiger partial charge is 0.462 e. The Labute approximate surface area is 163 Å². The van der Waals surface area contributed by atoms with Crippen LogP contribution in [0.1, 0.15) is 81.3 Å². The Kier molecular flexibility index (Phi) is 7.10. The molecule has 0 bridgehead atoms. The molecule has 0 amide bonds. The van der Waals surface area contributed by atoms with Crippen LogP contribution in [0.3, 0.4) is 0 Å². The van der Waals surface area contributed by atoms with Gasteiger partial charge in [0, 0.05) is 6.42 Å². The fraction of sp³-hybridized carbons (Fsp3) is 0.583. The summed E-state index contributed by atoms with van der Waals surface area (Å²) in [6.07, 6.45) is 12.6. The Morgan fingerprint density at radius 2 is 1.63 bits per heavy atom. The average Bonchev–Trinajstić information content (AvgIpc) is 2.73. The van der Waals surface area contributed by atoms with Crippen molar-refractivity contribution in [2.24, 2.45) is 11.8 Å². The summed E-state index contributed by atoms with van der Waals surface area (Å²) in [6.45, 7) is 3.65. The third kappa shape index (κ3) is 5.45. The van der Waals surface area contributed by atoms with Gasteiger partial charge in [0.05, 0.1) is 11.6 Å². The minimum Gasteiger partial charge on any atom is -0.462 e. The summed E-state index contributed by atoms with van der Waals surface area (Å²) in [5.74, 6) is 2.21. The monoisotopic (exact) mass is 365 g/mol. The SMILES string of the molecule is C=CCCC(=O)OC1CCC(C2CCC(c3ccc(C#N)cc3)CC2)CC1. The molecule has 0 aliphatic heterocycles. The molecule has 144 valence electrons. The first-order valence-electron chi connectivity index (χ1n) is 10.5. The number of esters is 1. The molecule has 2 fully saturated rings. The normalized spacial score (nSPS) is 28.1. The Balaban J connectivity index is 1.41. The maximum absolute atomic E-state index is 11.8. The van der Waals surface area contributed by atoms with Crippen LogP contribution < -0.4 is 0 Å². The van der Waals surface area contributed by atoms with Crippen LogP contribution in [0.25, 0.3) is 0 Å². The van der Waals surface area contributed by atoms with Crippen molar-refractivity contribution in [2.45, 2.75) is 76.2 Å². The molecule has 3 nitrogen and oxygen atoms in total. The maximum atomic E-state index is 11.8. The predicted molar refractivity (Wildman–Crippen MR) is 107 cm³/mol. The van der Waals surface area contributed by atoms with E-state index in [0.29, 0.717) is 18.8 Å². The predicted octanol–water partition coefficient (Wildman–Crippen LogP) is 5.90. The van der Waals surface area contributed by atoms with Crippen LogP contribution in [-0.4, -0.2) is 12.1 Å². The van der Waals surface area contributed by atoms with Gasteiger partial charge >= 0.3 is 5.97 Å². The quantitative estimate of drug-likeness (QED) is 0.466. The van der Waals surface area contributed by atoms with Crippen molar-refractivity contribution in [3.05, 3.63) is 48.0 Å². The van der Waals surface area contributed by atoms with E-state index in [0.717, 1.165) is 30.2 Å². The molecule has 0 radical (unpaired) electrons. The van der Waals surface area contributed by atoms with E-state index in [1.54, 1.807) is 6.08 Å². The molecule has 2 saturated carbocycles. The lowest BCUT2D eigenvalue weighted by atomic mass is 9.69. The van der Waals surface area contributed by atoms with Gasteiger partial charge < -0.3 is 4.74 Å². The second-order valence-electron chi connectivity index (χ2n) is 8.20. The molecule has 2 aliphatic rings. The summed E-state index contributed by atoms with van der Waals surface area (Å²) in [4.78, 5) is 11.8. The molecule has 0 spiro atoms. The minimum absolute atomic E-state index is 0.0683. The standard InChI is InChI=1S/C24H31NO2/c1-2-3-4-24(26)27-23-15-13-22(14-16-23)21-11-9-20(10-12-21)19-7-5-18(17-25)6-8-19/h2,5-8,20-23H,1,3-4,9-16H2. The first kappa shape index (κ1) is 19.7. The molecule has 3 heteroatoms. The van der Waals surface area contributed by atoms with Crippen LogP contribution in [0.15, 0.2) is 36.9 Å². The van der Waals surface area contributed by atoms with E-state index in [-0.39, 0.29) is 12.1 Å². The van der Waals surface area contributed by atoms with Crippen molar-refractivity contribution < 1.29 is 9.53 Å². The third-order valence-electron chi connectivity index (χ3n) is 6.52. The Hall–Kier alpha value is -2.08. The lowest BCUT2D eigenvalue weighted by Gasteiger charge is -2.37. The maximum Gasteiger partial charge on any atom is 0.306 e. The van der Waals surface area contributed by atoms with Gasteiger partial charge in [-0.3, -0.25) is 4.79 Å². The molecule has 0 saturated heterocycles. The van der Waals surface area contributed by atoms with Crippen LogP contribution in [0.2, 0.25) is 0 Å². The first-order chi connectivity index (χ1) is 13.2. The highest BCUT2D eigenvalue weighted by Gasteiger charge is 2.32. The number of carbonyl (C=O) groups is 1. The first-order valence-corrected chi connectivity index (χ1v) is 10.5. The fourth-order valence-corrected chi connectivity index (χ4v) is 4.90. The number of rotatable bonds is 6. The molecule has 1 aromatic carbocycles. The molecule has 0 unspecified atom stereocenters. The third-order valence-corrected chi connectivity index (χ3v) is 6.52. The molecule has 27 heavy (non-hydrogen) atoms. The highest BCUT2D eigenvalue weighted by Crippen LogP contribution is 2.43. The van der Waals surface area contributed by atoms with Gasteiger partial charge in [-0.15, -0.1) is 6.58 Å². The van der Waals surface area contributed by atoms with Crippen molar-refractivity contribution >= 4 is 5.97 Å². The van der Waals surface area contributed by atoms with E-state index < -0.39 is 0 Å². The zero-order valence-electron chi connectivity index (χ0n) is 16.2. The van der Waals surface area contributed by atoms with Gasteiger partial charge in [0.1, 0.15) is 6.10 Å². The lowest BCUT2D eigenvalue weighted by Crippen LogP contribution is -2.29. The van der Waals surface area contributed by atoms with Crippen LogP contribution in [0.5, 0.6) is 0 Å². The van der Waals surface area contributed by atoms with E-state index in [1.165, 1.54) is 44.1 Å². The number of ether oxygens (including phenoxy) is 1. The summed E-state index contributed by atoms with van der Waals surface area (Å²) in [5, 5.41) is 8.94. The van der Waals surface area contributed by atoms with E-state index in [1.807, 2.05) is 12.1 Å². The summed E-state index contributed by atoms with van der Waals surface area (Å²) in [5.41, 5.74) is 2.14. The second kappa shape index (κ2) is 9.74. The van der Waals surface area contributed by atoms with E-state index in [9.17, 15) is 4.79 Å². The molecule has 0 atom stereocenters. The smallest absolute Gasteiger partial charge is 0.306 e. The molecular weight excluding hydrogens is 334 g/mol. The molecule has 0 N–H and O–H groups in total. The average molecular weight is 366 g/mol. The Morgan fingerprint density at radius 1 is 1.04 bits per heavy atom. The van der Waals surface area contributed by atoms with Gasteiger partial charge in [0.15, 0.2) is 0 Å².